The van der Waals surface area contributed by atoms with Crippen molar-refractivity contribution < 1.29 is 17.9 Å². The van der Waals surface area contributed by atoms with Gasteiger partial charge in [-0.15, -0.1) is 0 Å². The maximum atomic E-state index is 10.8. The molecule has 0 bridgehead atoms. The zero-order valence-corrected chi connectivity index (χ0v) is 8.37. The van der Waals surface area contributed by atoms with Crippen LogP contribution in [0.2, 0.25) is 0 Å². The van der Waals surface area contributed by atoms with Crippen molar-refractivity contribution in [3.63, 3.8) is 0 Å². The fraction of sp³-hybridized carbons (Fsp3) is 0.429. The monoisotopic (exact) mass is 218 g/mol. The highest BCUT2D eigenvalue weighted by Gasteiger charge is 2.14. The third-order valence-corrected chi connectivity index (χ3v) is 2.32. The number of rotatable bonds is 3. The van der Waals surface area contributed by atoms with Gasteiger partial charge >= 0.3 is 5.97 Å². The highest BCUT2D eigenvalue weighted by Crippen LogP contribution is 1.98. The molecule has 6 nitrogen and oxygen atoms in total. The lowest BCUT2D eigenvalue weighted by Gasteiger charge is -1.98. The first-order valence-electron chi connectivity index (χ1n) is 3.94. The summed E-state index contributed by atoms with van der Waals surface area (Å²) in [5, 5.41) is 0.983. The number of hydrogen-bond acceptors (Lipinski definition) is 5. The van der Waals surface area contributed by atoms with Crippen molar-refractivity contribution in [2.24, 2.45) is 4.99 Å². The van der Waals surface area contributed by atoms with Gasteiger partial charge in [0.1, 0.15) is 12.4 Å². The summed E-state index contributed by atoms with van der Waals surface area (Å²) in [5.74, 6) is -0.336. The SMILES string of the molecule is CCOC(=O)CN=C1C=CS(=O)(=O)N1. The number of aliphatic imine (C=N–C) groups is 1. The number of amidine groups is 1. The number of nitrogens with zero attached hydrogens (tertiary/aromatic N) is 1. The van der Waals surface area contributed by atoms with Crippen molar-refractivity contribution in [3.8, 4) is 0 Å². The molecule has 1 aliphatic rings. The van der Waals surface area contributed by atoms with Crippen LogP contribution in [0, 0.1) is 0 Å². The van der Waals surface area contributed by atoms with Gasteiger partial charge in [-0.3, -0.25) is 14.5 Å². The fourth-order valence-electron chi connectivity index (χ4n) is 0.809. The van der Waals surface area contributed by atoms with Gasteiger partial charge < -0.3 is 4.74 Å². The number of nitrogens with one attached hydrogen (secondary N) is 1. The smallest absolute Gasteiger partial charge is 0.327 e. The summed E-state index contributed by atoms with van der Waals surface area (Å²) in [6.07, 6.45) is 1.29. The molecule has 14 heavy (non-hydrogen) atoms. The Morgan fingerprint density at radius 2 is 2.36 bits per heavy atom. The molecule has 0 spiro atoms. The molecule has 1 rings (SSSR count). The molecule has 78 valence electrons. The Kier molecular flexibility index (Phi) is 3.23. The predicted octanol–water partition coefficient (Wildman–Crippen LogP) is -0.605. The van der Waals surface area contributed by atoms with Gasteiger partial charge in [-0.2, -0.15) is 0 Å². The molecule has 0 atom stereocenters. The van der Waals surface area contributed by atoms with Crippen LogP contribution in [0.3, 0.4) is 0 Å². The van der Waals surface area contributed by atoms with E-state index in [2.05, 4.69) is 14.5 Å². The van der Waals surface area contributed by atoms with Gasteiger partial charge in [-0.25, -0.2) is 8.42 Å². The van der Waals surface area contributed by atoms with Gasteiger partial charge in [0.15, 0.2) is 0 Å². The average molecular weight is 218 g/mol. The summed E-state index contributed by atoms with van der Waals surface area (Å²) in [5.41, 5.74) is 0. The standard InChI is InChI=1S/C7H10N2O4S/c1-2-13-7(10)5-8-6-3-4-14(11,12)9-6/h3-4H,2,5H2,1H3,(H,8,9). The third kappa shape index (κ3) is 3.17. The van der Waals surface area contributed by atoms with E-state index < -0.39 is 16.0 Å². The van der Waals surface area contributed by atoms with Gasteiger partial charge in [0.05, 0.1) is 12.0 Å². The summed E-state index contributed by atoms with van der Waals surface area (Å²) in [6.45, 7) is 1.78. The van der Waals surface area contributed by atoms with E-state index in [4.69, 9.17) is 0 Å². The second-order valence-electron chi connectivity index (χ2n) is 2.46. The van der Waals surface area contributed by atoms with Gasteiger partial charge in [0.25, 0.3) is 10.0 Å². The van der Waals surface area contributed by atoms with Crippen LogP contribution in [0.15, 0.2) is 16.5 Å². The predicted molar refractivity (Wildman–Crippen MR) is 50.1 cm³/mol. The zero-order valence-electron chi connectivity index (χ0n) is 7.56. The molecule has 0 aliphatic carbocycles. The fourth-order valence-corrected chi connectivity index (χ4v) is 1.61. The highest BCUT2D eigenvalue weighted by molar-refractivity contribution is 7.93. The number of sulfonamides is 1. The van der Waals surface area contributed by atoms with E-state index in [1.165, 1.54) is 6.08 Å². The lowest BCUT2D eigenvalue weighted by Crippen LogP contribution is -2.22. The third-order valence-electron chi connectivity index (χ3n) is 1.34. The molecular weight excluding hydrogens is 208 g/mol. The van der Waals surface area contributed by atoms with E-state index in [0.29, 0.717) is 0 Å². The second-order valence-corrected chi connectivity index (χ2v) is 4.02. The summed E-state index contributed by atoms with van der Waals surface area (Å²) < 4.78 is 28.4. The number of carbonyl (C=O) groups excluding carboxylic acids is 1. The summed E-state index contributed by atoms with van der Waals surface area (Å²) in [4.78, 5) is 14.5. The molecule has 0 saturated carbocycles. The van der Waals surface area contributed by atoms with Crippen LogP contribution in [-0.4, -0.2) is 33.4 Å². The molecule has 0 radical (unpaired) electrons. The van der Waals surface area contributed by atoms with Crippen LogP contribution in [-0.2, 0) is 19.6 Å². The molecule has 0 amide bonds. The average Bonchev–Trinajstić information content (AvgIpc) is 2.43. The Hall–Kier alpha value is -1.37. The second kappa shape index (κ2) is 4.23. The molecule has 7 heteroatoms. The Labute approximate surface area is 81.7 Å². The molecule has 0 aromatic heterocycles. The van der Waals surface area contributed by atoms with Crippen molar-refractivity contribution in [3.05, 3.63) is 11.5 Å². The summed E-state index contributed by atoms with van der Waals surface area (Å²) in [7, 11) is -3.37. The normalized spacial score (nSPS) is 20.8. The molecule has 1 heterocycles. The van der Waals surface area contributed by atoms with Crippen LogP contribution < -0.4 is 4.72 Å². The number of hydrogen-bond donors (Lipinski definition) is 1. The van der Waals surface area contributed by atoms with Gasteiger partial charge in [-0.1, -0.05) is 0 Å². The first-order valence-corrected chi connectivity index (χ1v) is 5.49. The van der Waals surface area contributed by atoms with Crippen molar-refractivity contribution in [2.45, 2.75) is 6.92 Å². The Bertz CT molecular complexity index is 382. The lowest BCUT2D eigenvalue weighted by atomic mass is 10.5. The zero-order chi connectivity index (χ0) is 10.6. The van der Waals surface area contributed by atoms with E-state index >= 15 is 0 Å². The molecule has 1 aliphatic heterocycles. The van der Waals surface area contributed by atoms with Gasteiger partial charge in [-0.05, 0) is 13.0 Å². The van der Waals surface area contributed by atoms with E-state index in [-0.39, 0.29) is 19.0 Å². The summed E-state index contributed by atoms with van der Waals surface area (Å²) in [6, 6.07) is 0. The number of ether oxygens (including phenoxy) is 1. The van der Waals surface area contributed by atoms with E-state index in [1.807, 2.05) is 0 Å². The minimum Gasteiger partial charge on any atom is -0.465 e. The molecule has 0 saturated heterocycles. The van der Waals surface area contributed by atoms with Crippen LogP contribution >= 0.6 is 0 Å². The molecule has 0 unspecified atom stereocenters. The maximum absolute atomic E-state index is 10.8. The summed E-state index contributed by atoms with van der Waals surface area (Å²) >= 11 is 0. The molecule has 1 N–H and O–H groups in total. The first kappa shape index (κ1) is 10.7. The van der Waals surface area contributed by atoms with Gasteiger partial charge in [0.2, 0.25) is 0 Å². The van der Waals surface area contributed by atoms with Crippen LogP contribution in [0.1, 0.15) is 6.92 Å². The van der Waals surface area contributed by atoms with E-state index in [1.54, 1.807) is 6.92 Å². The van der Waals surface area contributed by atoms with Crippen LogP contribution in [0.5, 0.6) is 0 Å². The highest BCUT2D eigenvalue weighted by atomic mass is 32.2. The Morgan fingerprint density at radius 3 is 2.86 bits per heavy atom. The lowest BCUT2D eigenvalue weighted by molar-refractivity contribution is -0.141. The first-order chi connectivity index (χ1) is 6.53. The van der Waals surface area contributed by atoms with Crippen LogP contribution in [0.4, 0.5) is 0 Å². The molecule has 0 aromatic rings. The maximum Gasteiger partial charge on any atom is 0.327 e. The molecule has 0 fully saturated rings. The Balaban J connectivity index is 2.49. The van der Waals surface area contributed by atoms with Crippen LogP contribution in [0.25, 0.3) is 0 Å². The van der Waals surface area contributed by atoms with Crippen molar-refractivity contribution in [1.82, 2.24) is 4.72 Å². The van der Waals surface area contributed by atoms with E-state index in [0.717, 1.165) is 5.41 Å². The largest absolute Gasteiger partial charge is 0.465 e. The van der Waals surface area contributed by atoms with Gasteiger partial charge in [0, 0.05) is 0 Å². The minimum absolute atomic E-state index is 0.151. The topological polar surface area (TPSA) is 84.8 Å². The molecule has 0 aromatic carbocycles. The van der Waals surface area contributed by atoms with Crippen molar-refractivity contribution >= 4 is 21.8 Å². The van der Waals surface area contributed by atoms with Crippen molar-refractivity contribution in [2.75, 3.05) is 13.2 Å². The Morgan fingerprint density at radius 1 is 1.64 bits per heavy atom. The number of carbonyl (C=O) groups is 1. The number of esters is 1. The van der Waals surface area contributed by atoms with E-state index in [9.17, 15) is 13.2 Å². The molecular formula is C7H10N2O4S. The quantitative estimate of drug-likeness (QED) is 0.641. The minimum atomic E-state index is -3.37. The van der Waals surface area contributed by atoms with Crippen molar-refractivity contribution in [1.29, 1.82) is 0 Å².